The molecule has 0 unspecified atom stereocenters. The zero-order chi connectivity index (χ0) is 20.7. The van der Waals surface area contributed by atoms with Gasteiger partial charge < -0.3 is 10.1 Å². The molecule has 148 valence electrons. The highest BCUT2D eigenvalue weighted by atomic mass is 35.5. The molecule has 0 bridgehead atoms. The van der Waals surface area contributed by atoms with E-state index in [2.05, 4.69) is 46.8 Å². The lowest BCUT2D eigenvalue weighted by atomic mass is 9.79. The van der Waals surface area contributed by atoms with E-state index in [0.29, 0.717) is 16.3 Å². The molecule has 0 atom stereocenters. The fraction of sp³-hybridized carbons (Fsp3) is 0.417. The van der Waals surface area contributed by atoms with Crippen LogP contribution in [0.15, 0.2) is 36.4 Å². The third kappa shape index (κ3) is 4.15. The maximum Gasteiger partial charge on any atom is 0.338 e. The van der Waals surface area contributed by atoms with Gasteiger partial charge in [0.15, 0.2) is 0 Å². The van der Waals surface area contributed by atoms with Gasteiger partial charge in [-0.15, -0.1) is 0 Å². The number of hydrogen-bond acceptors (Lipinski definition) is 3. The third-order valence-corrected chi connectivity index (χ3v) is 5.85. The molecular weight excluding hydrogens is 370 g/mol. The van der Waals surface area contributed by atoms with E-state index in [4.69, 9.17) is 21.7 Å². The minimum Gasteiger partial charge on any atom is -0.456 e. The Balaban J connectivity index is 1.86. The van der Waals surface area contributed by atoms with Crippen LogP contribution in [0.5, 0.6) is 0 Å². The van der Waals surface area contributed by atoms with Crippen LogP contribution in [-0.2, 0) is 22.0 Å². The van der Waals surface area contributed by atoms with Crippen molar-refractivity contribution in [3.8, 4) is 0 Å². The Morgan fingerprint density at radius 1 is 1.18 bits per heavy atom. The van der Waals surface area contributed by atoms with Crippen molar-refractivity contribution >= 4 is 23.3 Å². The molecule has 0 aromatic heterocycles. The third-order valence-electron chi connectivity index (χ3n) is 5.60. The first-order chi connectivity index (χ1) is 13.0. The molecule has 0 aliphatic heterocycles. The molecule has 3 nitrogen and oxygen atoms in total. The summed E-state index contributed by atoms with van der Waals surface area (Å²) in [6.45, 7) is 11.0. The number of benzene rings is 2. The topological polar surface area (TPSA) is 50.1 Å². The quantitative estimate of drug-likeness (QED) is 0.501. The first-order valence-corrected chi connectivity index (χ1v) is 10.1. The second-order valence-electron chi connectivity index (χ2n) is 9.25. The van der Waals surface area contributed by atoms with Gasteiger partial charge >= 0.3 is 5.97 Å². The van der Waals surface area contributed by atoms with Crippen molar-refractivity contribution in [3.63, 3.8) is 0 Å². The second kappa shape index (κ2) is 7.36. The average molecular weight is 398 g/mol. The number of carbonyl (C=O) groups is 1. The highest BCUT2D eigenvalue weighted by Gasteiger charge is 2.34. The van der Waals surface area contributed by atoms with Crippen molar-refractivity contribution in [2.24, 2.45) is 0 Å². The summed E-state index contributed by atoms with van der Waals surface area (Å²) in [5.41, 5.74) is 5.56. The van der Waals surface area contributed by atoms with Crippen LogP contribution in [0.25, 0.3) is 0 Å². The molecule has 28 heavy (non-hydrogen) atoms. The smallest absolute Gasteiger partial charge is 0.338 e. The van der Waals surface area contributed by atoms with E-state index in [1.165, 1.54) is 16.7 Å². The standard InChI is InChI=1S/C24H28ClNO2/c1-23(2,3)16-12-19(18-10-11-24(4,5)20(18)13-16)21(26)14-28-22(27)15-6-8-17(25)9-7-15/h6-9,12-13,26H,10-11,14H2,1-5H3. The lowest BCUT2D eigenvalue weighted by Crippen LogP contribution is -2.20. The summed E-state index contributed by atoms with van der Waals surface area (Å²) in [7, 11) is 0. The highest BCUT2D eigenvalue weighted by Crippen LogP contribution is 2.42. The Morgan fingerprint density at radius 3 is 2.43 bits per heavy atom. The molecule has 0 heterocycles. The number of carbonyl (C=O) groups excluding carboxylic acids is 1. The molecule has 1 N–H and O–H groups in total. The molecule has 2 aromatic rings. The monoisotopic (exact) mass is 397 g/mol. The Kier molecular flexibility index (Phi) is 5.42. The summed E-state index contributed by atoms with van der Waals surface area (Å²) in [6, 6.07) is 11.0. The Hall–Kier alpha value is -2.13. The molecule has 0 spiro atoms. The van der Waals surface area contributed by atoms with Gasteiger partial charge in [-0.05, 0) is 70.7 Å². The second-order valence-corrected chi connectivity index (χ2v) is 9.68. The van der Waals surface area contributed by atoms with Crippen molar-refractivity contribution in [3.05, 3.63) is 69.2 Å². The number of fused-ring (bicyclic) bond motifs is 1. The molecule has 0 amide bonds. The van der Waals surface area contributed by atoms with Crippen LogP contribution in [0.2, 0.25) is 5.02 Å². The number of nitrogens with one attached hydrogen (secondary N) is 1. The number of ether oxygens (including phenoxy) is 1. The van der Waals surface area contributed by atoms with Gasteiger partial charge in [0.2, 0.25) is 0 Å². The fourth-order valence-corrected chi connectivity index (χ4v) is 3.83. The molecule has 0 radical (unpaired) electrons. The summed E-state index contributed by atoms with van der Waals surface area (Å²) in [5.74, 6) is -0.439. The minimum absolute atomic E-state index is 0.0112. The van der Waals surface area contributed by atoms with Crippen LogP contribution in [0.4, 0.5) is 0 Å². The Labute approximate surface area is 172 Å². The Bertz CT molecular complexity index is 921. The molecule has 3 rings (SSSR count). The maximum absolute atomic E-state index is 12.3. The molecule has 4 heteroatoms. The lowest BCUT2D eigenvalue weighted by molar-refractivity contribution is 0.0563. The largest absolute Gasteiger partial charge is 0.456 e. The van der Waals surface area contributed by atoms with E-state index >= 15 is 0 Å². The highest BCUT2D eigenvalue weighted by molar-refractivity contribution is 6.30. The van der Waals surface area contributed by atoms with Crippen molar-refractivity contribution in [2.75, 3.05) is 6.61 Å². The number of halogens is 1. The number of esters is 1. The van der Waals surface area contributed by atoms with Gasteiger partial charge in [0.1, 0.15) is 6.61 Å². The number of hydrogen-bond donors (Lipinski definition) is 1. The SMILES string of the molecule is CC(C)(C)c1cc(C(=N)COC(=O)c2ccc(Cl)cc2)c2c(c1)C(C)(C)CC2. The van der Waals surface area contributed by atoms with Gasteiger partial charge in [-0.3, -0.25) is 0 Å². The normalized spacial score (nSPS) is 15.2. The van der Waals surface area contributed by atoms with E-state index in [9.17, 15) is 4.79 Å². The van der Waals surface area contributed by atoms with Gasteiger partial charge in [-0.2, -0.15) is 0 Å². The van der Waals surface area contributed by atoms with Crippen LogP contribution in [0.1, 0.15) is 73.7 Å². The van der Waals surface area contributed by atoms with E-state index in [0.717, 1.165) is 18.4 Å². The van der Waals surface area contributed by atoms with Gasteiger partial charge in [-0.25, -0.2) is 4.79 Å². The van der Waals surface area contributed by atoms with Gasteiger partial charge in [0.25, 0.3) is 0 Å². The summed E-state index contributed by atoms with van der Waals surface area (Å²) in [6.07, 6.45) is 2.02. The van der Waals surface area contributed by atoms with Crippen LogP contribution in [-0.4, -0.2) is 18.3 Å². The van der Waals surface area contributed by atoms with Gasteiger partial charge in [-0.1, -0.05) is 52.3 Å². The molecule has 0 fully saturated rings. The van der Waals surface area contributed by atoms with Gasteiger partial charge in [0, 0.05) is 10.6 Å². The summed E-state index contributed by atoms with van der Waals surface area (Å²) in [4.78, 5) is 12.3. The van der Waals surface area contributed by atoms with E-state index in [1.54, 1.807) is 24.3 Å². The predicted molar refractivity (Wildman–Crippen MR) is 115 cm³/mol. The van der Waals surface area contributed by atoms with Gasteiger partial charge in [0.05, 0.1) is 11.3 Å². The van der Waals surface area contributed by atoms with Crippen LogP contribution in [0.3, 0.4) is 0 Å². The first kappa shape index (κ1) is 20.6. The zero-order valence-electron chi connectivity index (χ0n) is 17.3. The molecule has 0 saturated heterocycles. The van der Waals surface area contributed by atoms with E-state index in [-0.39, 0.29) is 17.4 Å². The summed E-state index contributed by atoms with van der Waals surface area (Å²) in [5, 5.41) is 9.19. The maximum atomic E-state index is 12.3. The summed E-state index contributed by atoms with van der Waals surface area (Å²) >= 11 is 5.87. The van der Waals surface area contributed by atoms with E-state index < -0.39 is 5.97 Å². The zero-order valence-corrected chi connectivity index (χ0v) is 18.0. The Morgan fingerprint density at radius 2 is 1.82 bits per heavy atom. The fourth-order valence-electron chi connectivity index (χ4n) is 3.70. The molecule has 0 saturated carbocycles. The van der Waals surface area contributed by atoms with Crippen molar-refractivity contribution in [1.82, 2.24) is 0 Å². The molecule has 2 aromatic carbocycles. The van der Waals surface area contributed by atoms with Crippen LogP contribution < -0.4 is 0 Å². The van der Waals surface area contributed by atoms with Crippen LogP contribution >= 0.6 is 11.6 Å². The minimum atomic E-state index is -0.439. The van der Waals surface area contributed by atoms with Crippen molar-refractivity contribution in [1.29, 1.82) is 5.41 Å². The molecular formula is C24H28ClNO2. The van der Waals surface area contributed by atoms with Crippen LogP contribution in [0, 0.1) is 5.41 Å². The van der Waals surface area contributed by atoms with Crippen molar-refractivity contribution in [2.45, 2.75) is 58.3 Å². The molecule has 1 aliphatic rings. The average Bonchev–Trinajstić information content (AvgIpc) is 2.93. The lowest BCUT2D eigenvalue weighted by Gasteiger charge is -2.26. The first-order valence-electron chi connectivity index (χ1n) is 9.67. The predicted octanol–water partition coefficient (Wildman–Crippen LogP) is 6.09. The number of rotatable bonds is 4. The van der Waals surface area contributed by atoms with Crippen molar-refractivity contribution < 1.29 is 9.53 Å². The molecule has 1 aliphatic carbocycles. The van der Waals surface area contributed by atoms with E-state index in [1.807, 2.05) is 0 Å². The summed E-state index contributed by atoms with van der Waals surface area (Å²) < 4.78 is 5.41.